The lowest BCUT2D eigenvalue weighted by Gasteiger charge is -2.40. The van der Waals surface area contributed by atoms with Gasteiger partial charge in [-0.1, -0.05) is 0 Å². The molecule has 9 heteroatoms. The monoisotopic (exact) mass is 564 g/mol. The second-order valence-electron chi connectivity index (χ2n) is 11.0. The van der Waals surface area contributed by atoms with E-state index in [4.69, 9.17) is 28.4 Å². The van der Waals surface area contributed by atoms with Crippen LogP contribution in [0.25, 0.3) is 27.7 Å². The molecule has 1 saturated heterocycles. The number of hydrogen-bond acceptors (Lipinski definition) is 9. The SMILES string of the molecule is COc1cc(OC)c2c(O)c3c(c(-c4c(OC)cc(OC)c5c4CC4C(=C5O)COC(C)C4O)c2c1)CC(C)OC3. The Labute approximate surface area is 238 Å². The molecule has 4 atom stereocenters. The van der Waals surface area contributed by atoms with E-state index in [1.807, 2.05) is 19.9 Å². The van der Waals surface area contributed by atoms with Crippen LogP contribution in [0.5, 0.6) is 28.7 Å². The first-order valence-electron chi connectivity index (χ1n) is 13.8. The molecule has 3 aromatic rings. The van der Waals surface area contributed by atoms with Crippen molar-refractivity contribution in [2.45, 2.75) is 51.6 Å². The van der Waals surface area contributed by atoms with Gasteiger partial charge in [0.15, 0.2) is 0 Å². The summed E-state index contributed by atoms with van der Waals surface area (Å²) in [5.74, 6) is 1.82. The van der Waals surface area contributed by atoms with Gasteiger partial charge in [-0.05, 0) is 49.4 Å². The maximum atomic E-state index is 11.7. The van der Waals surface area contributed by atoms with Crippen molar-refractivity contribution in [1.29, 1.82) is 0 Å². The van der Waals surface area contributed by atoms with Crippen LogP contribution in [-0.2, 0) is 28.9 Å². The average Bonchev–Trinajstić information content (AvgIpc) is 2.98. The number of aromatic hydroxyl groups is 1. The van der Waals surface area contributed by atoms with Crippen LogP contribution in [-0.4, -0.2) is 68.7 Å². The summed E-state index contributed by atoms with van der Waals surface area (Å²) >= 11 is 0. The summed E-state index contributed by atoms with van der Waals surface area (Å²) in [6.07, 6.45) is -0.317. The number of benzene rings is 3. The Bertz CT molecular complexity index is 1570. The Kier molecular flexibility index (Phi) is 6.92. The Hall–Kier alpha value is -3.66. The highest BCUT2D eigenvalue weighted by atomic mass is 16.5. The van der Waals surface area contributed by atoms with Gasteiger partial charge in [-0.3, -0.25) is 0 Å². The molecule has 2 aliphatic heterocycles. The van der Waals surface area contributed by atoms with E-state index in [0.717, 1.165) is 22.3 Å². The maximum absolute atomic E-state index is 11.7. The average molecular weight is 565 g/mol. The molecule has 3 aromatic carbocycles. The van der Waals surface area contributed by atoms with Gasteiger partial charge in [-0.25, -0.2) is 0 Å². The van der Waals surface area contributed by atoms with Crippen molar-refractivity contribution in [1.82, 2.24) is 0 Å². The van der Waals surface area contributed by atoms with Crippen LogP contribution in [0, 0.1) is 5.92 Å². The number of methoxy groups -OCH3 is 4. The number of rotatable bonds is 5. The minimum atomic E-state index is -0.807. The van der Waals surface area contributed by atoms with Gasteiger partial charge < -0.3 is 43.7 Å². The van der Waals surface area contributed by atoms with E-state index in [1.54, 1.807) is 40.6 Å². The number of hydrogen-bond donors (Lipinski definition) is 3. The summed E-state index contributed by atoms with van der Waals surface area (Å²) in [6.45, 7) is 4.29. The first kappa shape index (κ1) is 27.5. The zero-order valence-electron chi connectivity index (χ0n) is 24.2. The van der Waals surface area contributed by atoms with E-state index in [1.165, 1.54) is 0 Å². The van der Waals surface area contributed by atoms with Crippen molar-refractivity contribution < 1.29 is 43.7 Å². The minimum absolute atomic E-state index is 0.0479. The van der Waals surface area contributed by atoms with Crippen molar-refractivity contribution in [2.24, 2.45) is 5.92 Å². The third kappa shape index (κ3) is 4.09. The van der Waals surface area contributed by atoms with Crippen molar-refractivity contribution >= 4 is 16.5 Å². The zero-order valence-corrected chi connectivity index (χ0v) is 24.2. The quantitative estimate of drug-likeness (QED) is 0.397. The van der Waals surface area contributed by atoms with Crippen LogP contribution in [0.2, 0.25) is 0 Å². The van der Waals surface area contributed by atoms with Gasteiger partial charge in [0.1, 0.15) is 34.5 Å². The van der Waals surface area contributed by atoms with E-state index < -0.39 is 6.10 Å². The lowest BCUT2D eigenvalue weighted by Crippen LogP contribution is -2.43. The molecular weight excluding hydrogens is 528 g/mol. The third-order valence-corrected chi connectivity index (χ3v) is 8.85. The standard InChI is InChI=1S/C32H36O9/c1-14-7-17-21(12-40-14)31(34)28-19(8-16(36-3)9-23(28)37-4)26(17)27-20-10-18-22(13-41-15(2)30(18)33)32(35)29(20)25(39-6)11-24(27)38-5/h8-9,11,14-15,18,30,33-35H,7,10,12-13H2,1-6H3. The largest absolute Gasteiger partial charge is 0.507 e. The molecular formula is C32H36O9. The molecule has 0 radical (unpaired) electrons. The summed E-state index contributed by atoms with van der Waals surface area (Å²) < 4.78 is 35.0. The number of aliphatic hydroxyl groups is 2. The lowest BCUT2D eigenvalue weighted by atomic mass is 9.73. The number of fused-ring (bicyclic) bond motifs is 4. The van der Waals surface area contributed by atoms with Crippen molar-refractivity contribution in [3.63, 3.8) is 0 Å². The summed E-state index contributed by atoms with van der Waals surface area (Å²) in [5.41, 5.74) is 5.18. The topological polar surface area (TPSA) is 116 Å². The van der Waals surface area contributed by atoms with Gasteiger partial charge in [0.2, 0.25) is 0 Å². The van der Waals surface area contributed by atoms with Gasteiger partial charge in [0, 0.05) is 40.1 Å². The van der Waals surface area contributed by atoms with E-state index in [2.05, 4.69) is 0 Å². The van der Waals surface area contributed by atoms with Crippen LogP contribution < -0.4 is 18.9 Å². The minimum Gasteiger partial charge on any atom is -0.507 e. The van der Waals surface area contributed by atoms with Gasteiger partial charge in [-0.2, -0.15) is 0 Å². The molecule has 0 amide bonds. The van der Waals surface area contributed by atoms with Crippen molar-refractivity contribution in [2.75, 3.05) is 35.0 Å². The van der Waals surface area contributed by atoms with E-state index in [9.17, 15) is 15.3 Å². The summed E-state index contributed by atoms with van der Waals surface area (Å²) in [6, 6.07) is 5.41. The summed E-state index contributed by atoms with van der Waals surface area (Å²) in [4.78, 5) is 0. The van der Waals surface area contributed by atoms with E-state index >= 15 is 0 Å². The van der Waals surface area contributed by atoms with Crippen molar-refractivity contribution in [3.8, 4) is 39.9 Å². The fraction of sp³-hybridized carbons (Fsp3) is 0.438. The molecule has 3 N–H and O–H groups in total. The van der Waals surface area contributed by atoms with Crippen LogP contribution in [0.3, 0.4) is 0 Å². The van der Waals surface area contributed by atoms with Crippen LogP contribution >= 0.6 is 0 Å². The molecule has 2 heterocycles. The Morgan fingerprint density at radius 1 is 0.732 bits per heavy atom. The van der Waals surface area contributed by atoms with Crippen LogP contribution in [0.1, 0.15) is 36.1 Å². The zero-order chi connectivity index (χ0) is 29.2. The molecule has 0 bridgehead atoms. The summed E-state index contributed by atoms with van der Waals surface area (Å²) in [5, 5.41) is 35.7. The second-order valence-corrected chi connectivity index (χ2v) is 11.0. The predicted octanol–water partition coefficient (Wildman–Crippen LogP) is 4.93. The van der Waals surface area contributed by atoms with Gasteiger partial charge in [0.25, 0.3) is 0 Å². The van der Waals surface area contributed by atoms with Crippen LogP contribution in [0.15, 0.2) is 23.8 Å². The van der Waals surface area contributed by atoms with Crippen molar-refractivity contribution in [3.05, 3.63) is 46.0 Å². The molecule has 1 aliphatic carbocycles. The molecule has 6 rings (SSSR count). The smallest absolute Gasteiger partial charge is 0.134 e. The maximum Gasteiger partial charge on any atom is 0.134 e. The Balaban J connectivity index is 1.79. The number of aliphatic hydroxyl groups excluding tert-OH is 2. The Morgan fingerprint density at radius 3 is 2.12 bits per heavy atom. The first-order chi connectivity index (χ1) is 19.7. The fourth-order valence-corrected chi connectivity index (χ4v) is 6.73. The highest BCUT2D eigenvalue weighted by molar-refractivity contribution is 6.08. The van der Waals surface area contributed by atoms with E-state index in [0.29, 0.717) is 63.3 Å². The number of ether oxygens (including phenoxy) is 6. The first-order valence-corrected chi connectivity index (χ1v) is 13.8. The molecule has 1 fully saturated rings. The lowest BCUT2D eigenvalue weighted by molar-refractivity contribution is -0.0693. The summed E-state index contributed by atoms with van der Waals surface area (Å²) in [7, 11) is 6.29. The molecule has 218 valence electrons. The van der Waals surface area contributed by atoms with Crippen LogP contribution in [0.4, 0.5) is 0 Å². The normalized spacial score (nSPS) is 23.5. The molecule has 0 aromatic heterocycles. The fourth-order valence-electron chi connectivity index (χ4n) is 6.73. The van der Waals surface area contributed by atoms with Gasteiger partial charge in [0.05, 0.1) is 70.9 Å². The molecule has 3 aliphatic rings. The molecule has 4 unspecified atom stereocenters. The number of phenolic OH excluding ortho intramolecular Hbond substituents is 1. The van der Waals surface area contributed by atoms with Gasteiger partial charge in [-0.15, -0.1) is 0 Å². The molecule has 41 heavy (non-hydrogen) atoms. The predicted molar refractivity (Wildman–Crippen MR) is 153 cm³/mol. The Morgan fingerprint density at radius 2 is 1.44 bits per heavy atom. The van der Waals surface area contributed by atoms with E-state index in [-0.39, 0.29) is 42.8 Å². The second kappa shape index (κ2) is 10.3. The number of phenols is 1. The molecule has 0 saturated carbocycles. The van der Waals surface area contributed by atoms with Gasteiger partial charge >= 0.3 is 0 Å². The third-order valence-electron chi connectivity index (χ3n) is 8.85. The molecule has 9 nitrogen and oxygen atoms in total. The highest BCUT2D eigenvalue weighted by Gasteiger charge is 2.42. The molecule has 0 spiro atoms. The highest BCUT2D eigenvalue weighted by Crippen LogP contribution is 2.55.